The van der Waals surface area contributed by atoms with Gasteiger partial charge in [0, 0.05) is 11.9 Å². The van der Waals surface area contributed by atoms with Crippen LogP contribution in [0.3, 0.4) is 0 Å². The van der Waals surface area contributed by atoms with Crippen molar-refractivity contribution in [3.63, 3.8) is 0 Å². The Morgan fingerprint density at radius 2 is 1.91 bits per heavy atom. The van der Waals surface area contributed by atoms with Crippen LogP contribution < -0.4 is 4.74 Å². The molecule has 2 heterocycles. The molecule has 0 aliphatic rings. The molecule has 0 saturated heterocycles. The molecule has 0 fully saturated rings. The normalized spacial score (nSPS) is 10.5. The van der Waals surface area contributed by atoms with E-state index in [9.17, 15) is 9.90 Å². The molecule has 1 N–H and O–H groups in total. The molecular weight excluding hydrogens is 292 g/mol. The van der Waals surface area contributed by atoms with E-state index in [4.69, 9.17) is 4.74 Å². The maximum Gasteiger partial charge on any atom is 0.337 e. The lowest BCUT2D eigenvalue weighted by molar-refractivity contribution is 0.0696. The molecule has 0 bridgehead atoms. The van der Waals surface area contributed by atoms with E-state index in [1.54, 1.807) is 26.3 Å². The van der Waals surface area contributed by atoms with E-state index in [-0.39, 0.29) is 5.56 Å². The summed E-state index contributed by atoms with van der Waals surface area (Å²) >= 11 is 0. The molecule has 0 aliphatic carbocycles. The molecule has 1 aromatic carbocycles. The van der Waals surface area contributed by atoms with Crippen molar-refractivity contribution in [2.45, 2.75) is 6.92 Å². The first-order chi connectivity index (χ1) is 11.1. The fraction of sp³-hybridized carbons (Fsp3) is 0.111. The van der Waals surface area contributed by atoms with Crippen LogP contribution in [0.5, 0.6) is 5.75 Å². The number of pyridine rings is 1. The highest BCUT2D eigenvalue weighted by molar-refractivity contribution is 5.91. The highest BCUT2D eigenvalue weighted by Gasteiger charge is 2.21. The smallest absolute Gasteiger partial charge is 0.337 e. The van der Waals surface area contributed by atoms with Crippen molar-refractivity contribution in [2.75, 3.05) is 7.11 Å². The van der Waals surface area contributed by atoms with Gasteiger partial charge in [0.05, 0.1) is 29.7 Å². The molecule has 0 radical (unpaired) electrons. The summed E-state index contributed by atoms with van der Waals surface area (Å²) in [5.74, 6) is -0.298. The quantitative estimate of drug-likeness (QED) is 0.800. The van der Waals surface area contributed by atoms with E-state index < -0.39 is 5.97 Å². The monoisotopic (exact) mass is 308 g/mol. The standard InChI is InChI=1S/C18H16N2O3/c1-12-13(18(21)22)11-16(14-7-5-6-10-19-14)20(12)15-8-3-4-9-17(15)23-2/h3-11H,1-2H3,(H,21,22). The van der Waals surface area contributed by atoms with Gasteiger partial charge in [0.25, 0.3) is 0 Å². The Bertz CT molecular complexity index is 854. The van der Waals surface area contributed by atoms with Crippen molar-refractivity contribution in [2.24, 2.45) is 0 Å². The number of hydrogen-bond donors (Lipinski definition) is 1. The van der Waals surface area contributed by atoms with Gasteiger partial charge in [-0.05, 0) is 37.3 Å². The number of aromatic nitrogens is 2. The number of para-hydroxylation sites is 2. The number of ether oxygens (including phenoxy) is 1. The van der Waals surface area contributed by atoms with E-state index in [0.717, 1.165) is 5.69 Å². The molecule has 5 heteroatoms. The molecule has 0 unspecified atom stereocenters. The van der Waals surface area contributed by atoms with Crippen molar-refractivity contribution in [1.82, 2.24) is 9.55 Å². The number of carboxylic acids is 1. The maximum atomic E-state index is 11.5. The van der Waals surface area contributed by atoms with Gasteiger partial charge in [-0.2, -0.15) is 0 Å². The summed E-state index contributed by atoms with van der Waals surface area (Å²) in [6, 6.07) is 14.7. The summed E-state index contributed by atoms with van der Waals surface area (Å²) in [5.41, 5.74) is 3.07. The van der Waals surface area contributed by atoms with Crippen LogP contribution in [-0.2, 0) is 0 Å². The van der Waals surface area contributed by atoms with Gasteiger partial charge >= 0.3 is 5.97 Å². The van der Waals surface area contributed by atoms with Crippen LogP contribution in [0.2, 0.25) is 0 Å². The molecule has 5 nitrogen and oxygen atoms in total. The average Bonchev–Trinajstić information content (AvgIpc) is 2.93. The van der Waals surface area contributed by atoms with Crippen molar-refractivity contribution >= 4 is 5.97 Å². The lowest BCUT2D eigenvalue weighted by Crippen LogP contribution is -2.04. The predicted octanol–water partition coefficient (Wildman–Crippen LogP) is 3.55. The first-order valence-electron chi connectivity index (χ1n) is 7.14. The third kappa shape index (κ3) is 2.57. The molecule has 0 saturated carbocycles. The third-order valence-corrected chi connectivity index (χ3v) is 3.73. The Labute approximate surface area is 133 Å². The van der Waals surface area contributed by atoms with Gasteiger partial charge in [-0.15, -0.1) is 0 Å². The zero-order valence-electron chi connectivity index (χ0n) is 12.9. The summed E-state index contributed by atoms with van der Waals surface area (Å²) in [6.07, 6.45) is 1.69. The summed E-state index contributed by atoms with van der Waals surface area (Å²) in [6.45, 7) is 1.78. The lowest BCUT2D eigenvalue weighted by Gasteiger charge is -2.15. The molecule has 116 valence electrons. The van der Waals surface area contributed by atoms with Crippen molar-refractivity contribution < 1.29 is 14.6 Å². The largest absolute Gasteiger partial charge is 0.495 e. The van der Waals surface area contributed by atoms with Gasteiger partial charge in [0.1, 0.15) is 5.75 Å². The summed E-state index contributed by atoms with van der Waals surface area (Å²) < 4.78 is 7.29. The fourth-order valence-electron chi connectivity index (χ4n) is 2.65. The number of aromatic carboxylic acids is 1. The second kappa shape index (κ2) is 5.96. The first kappa shape index (κ1) is 14.8. The van der Waals surface area contributed by atoms with Crippen LogP contribution in [0, 0.1) is 6.92 Å². The predicted molar refractivity (Wildman–Crippen MR) is 87.2 cm³/mol. The maximum absolute atomic E-state index is 11.5. The number of carboxylic acid groups (broad SMARTS) is 1. The Hall–Kier alpha value is -3.08. The van der Waals surface area contributed by atoms with Crippen molar-refractivity contribution in [3.05, 3.63) is 66.0 Å². The summed E-state index contributed by atoms with van der Waals surface area (Å²) in [5, 5.41) is 9.46. The van der Waals surface area contributed by atoms with E-state index >= 15 is 0 Å². The second-order valence-electron chi connectivity index (χ2n) is 5.06. The van der Waals surface area contributed by atoms with Crippen molar-refractivity contribution in [1.29, 1.82) is 0 Å². The highest BCUT2D eigenvalue weighted by Crippen LogP contribution is 2.32. The first-order valence-corrected chi connectivity index (χ1v) is 7.14. The van der Waals surface area contributed by atoms with Crippen molar-refractivity contribution in [3.8, 4) is 22.8 Å². The van der Waals surface area contributed by atoms with Crippen LogP contribution in [-0.4, -0.2) is 27.7 Å². The molecule has 3 rings (SSSR count). The molecular formula is C18H16N2O3. The van der Waals surface area contributed by atoms with E-state index in [2.05, 4.69) is 4.98 Å². The summed E-state index contributed by atoms with van der Waals surface area (Å²) in [4.78, 5) is 15.9. The van der Waals surface area contributed by atoms with Crippen LogP contribution in [0.1, 0.15) is 16.1 Å². The highest BCUT2D eigenvalue weighted by atomic mass is 16.5. The molecule has 0 amide bonds. The molecule has 23 heavy (non-hydrogen) atoms. The zero-order chi connectivity index (χ0) is 16.4. The van der Waals surface area contributed by atoms with E-state index in [1.807, 2.05) is 47.0 Å². The molecule has 3 aromatic rings. The topological polar surface area (TPSA) is 64.4 Å². The van der Waals surface area contributed by atoms with E-state index in [1.165, 1.54) is 0 Å². The SMILES string of the molecule is COc1ccccc1-n1c(-c2ccccn2)cc(C(=O)O)c1C. The number of rotatable bonds is 4. The number of hydrogen-bond acceptors (Lipinski definition) is 3. The molecule has 0 atom stereocenters. The minimum absolute atomic E-state index is 0.247. The van der Waals surface area contributed by atoms with Crippen LogP contribution >= 0.6 is 0 Å². The number of nitrogens with zero attached hydrogens (tertiary/aromatic N) is 2. The minimum Gasteiger partial charge on any atom is -0.495 e. The van der Waals surface area contributed by atoms with Gasteiger partial charge in [-0.25, -0.2) is 4.79 Å². The number of carbonyl (C=O) groups is 1. The van der Waals surface area contributed by atoms with Crippen LogP contribution in [0.25, 0.3) is 17.1 Å². The van der Waals surface area contributed by atoms with Gasteiger partial charge in [0.2, 0.25) is 0 Å². The Balaban J connectivity index is 2.33. The van der Waals surface area contributed by atoms with Crippen LogP contribution in [0.4, 0.5) is 0 Å². The third-order valence-electron chi connectivity index (χ3n) is 3.73. The van der Waals surface area contributed by atoms with Crippen LogP contribution in [0.15, 0.2) is 54.7 Å². The number of benzene rings is 1. The van der Waals surface area contributed by atoms with Gasteiger partial charge in [0.15, 0.2) is 0 Å². The summed E-state index contributed by atoms with van der Waals surface area (Å²) in [7, 11) is 1.59. The Morgan fingerprint density at radius 1 is 1.17 bits per heavy atom. The fourth-order valence-corrected chi connectivity index (χ4v) is 2.65. The van der Waals surface area contributed by atoms with Gasteiger partial charge in [-0.3, -0.25) is 4.98 Å². The lowest BCUT2D eigenvalue weighted by atomic mass is 10.2. The van der Waals surface area contributed by atoms with Gasteiger partial charge in [-0.1, -0.05) is 18.2 Å². The minimum atomic E-state index is -0.965. The number of methoxy groups -OCH3 is 1. The van der Waals surface area contributed by atoms with E-state index in [0.29, 0.717) is 22.8 Å². The molecule has 2 aromatic heterocycles. The molecule has 0 spiro atoms. The zero-order valence-corrected chi connectivity index (χ0v) is 12.9. The second-order valence-corrected chi connectivity index (χ2v) is 5.06. The molecule has 0 aliphatic heterocycles. The Kier molecular flexibility index (Phi) is 3.85. The Morgan fingerprint density at radius 3 is 2.57 bits per heavy atom. The average molecular weight is 308 g/mol. The van der Waals surface area contributed by atoms with Gasteiger partial charge < -0.3 is 14.4 Å².